The van der Waals surface area contributed by atoms with Crippen molar-refractivity contribution < 1.29 is 24.2 Å². The molecule has 38 heavy (non-hydrogen) atoms. The van der Waals surface area contributed by atoms with Gasteiger partial charge in [0.2, 0.25) is 0 Å². The maximum atomic E-state index is 13.7. The van der Waals surface area contributed by atoms with Crippen LogP contribution < -0.4 is 4.74 Å². The molecule has 0 spiro atoms. The van der Waals surface area contributed by atoms with E-state index in [1.54, 1.807) is 12.1 Å². The minimum atomic E-state index is -0.754. The highest BCUT2D eigenvalue weighted by Crippen LogP contribution is 2.47. The van der Waals surface area contributed by atoms with Crippen molar-refractivity contribution in [3.8, 4) is 11.5 Å². The molecule has 0 fully saturated rings. The number of allylic oxidation sites excluding steroid dienone is 2. The Morgan fingerprint density at radius 1 is 0.974 bits per heavy atom. The third kappa shape index (κ3) is 5.12. The van der Waals surface area contributed by atoms with E-state index < -0.39 is 17.8 Å². The average molecular weight is 510 g/mol. The molecule has 0 aromatic heterocycles. The minimum absolute atomic E-state index is 0.00671. The normalized spacial score (nSPS) is 20.9. The molecule has 1 N–H and O–H groups in total. The fraction of sp³-hybridized carbons (Fsp3) is 0.281. The number of benzene rings is 3. The van der Waals surface area contributed by atoms with Gasteiger partial charge in [-0.05, 0) is 48.1 Å². The molecular weight excluding hydrogens is 478 g/mol. The fourth-order valence-electron chi connectivity index (χ4n) is 5.58. The lowest BCUT2D eigenvalue weighted by Gasteiger charge is -2.36. The second-order valence-corrected chi connectivity index (χ2v) is 9.84. The summed E-state index contributed by atoms with van der Waals surface area (Å²) in [6.45, 7) is 2.06. The van der Waals surface area contributed by atoms with Crippen LogP contribution in [-0.4, -0.2) is 36.3 Å². The third-order valence-electron chi connectivity index (χ3n) is 7.45. The number of methoxy groups -OCH3 is 1. The average Bonchev–Trinajstić information content (AvgIpc) is 2.93. The maximum Gasteiger partial charge on any atom is 0.315 e. The second-order valence-electron chi connectivity index (χ2n) is 9.84. The predicted octanol–water partition coefficient (Wildman–Crippen LogP) is 5.76. The number of Topliss-reactive ketones (excluding diaryl/α,β-unsaturated/α-hetero) is 1. The molecular formula is C32H31NO5. The topological polar surface area (TPSA) is 85.2 Å². The minimum Gasteiger partial charge on any atom is -0.504 e. The van der Waals surface area contributed by atoms with Crippen molar-refractivity contribution in [2.45, 2.75) is 38.0 Å². The lowest BCUT2D eigenvalue weighted by molar-refractivity contribution is -0.146. The molecule has 1 aliphatic carbocycles. The lowest BCUT2D eigenvalue weighted by Crippen LogP contribution is -2.38. The van der Waals surface area contributed by atoms with Gasteiger partial charge >= 0.3 is 5.97 Å². The summed E-state index contributed by atoms with van der Waals surface area (Å²) in [7, 11) is 1.47. The molecule has 3 aromatic carbocycles. The molecule has 3 atom stereocenters. The number of rotatable bonds is 7. The first-order valence-electron chi connectivity index (χ1n) is 12.9. The van der Waals surface area contributed by atoms with E-state index in [1.807, 2.05) is 67.6 Å². The van der Waals surface area contributed by atoms with E-state index in [-0.39, 0.29) is 29.8 Å². The first-order chi connectivity index (χ1) is 18.5. The van der Waals surface area contributed by atoms with Crippen molar-refractivity contribution in [2.75, 3.05) is 13.7 Å². The highest BCUT2D eigenvalue weighted by atomic mass is 16.5. The zero-order chi connectivity index (χ0) is 26.6. The monoisotopic (exact) mass is 509 g/mol. The molecule has 0 saturated heterocycles. The molecule has 5 rings (SSSR count). The summed E-state index contributed by atoms with van der Waals surface area (Å²) in [6, 6.07) is 24.8. The van der Waals surface area contributed by atoms with Crippen molar-refractivity contribution in [1.82, 2.24) is 0 Å². The quantitative estimate of drug-likeness (QED) is 0.409. The van der Waals surface area contributed by atoms with Crippen LogP contribution >= 0.6 is 0 Å². The third-order valence-corrected chi connectivity index (χ3v) is 7.45. The van der Waals surface area contributed by atoms with Crippen LogP contribution in [-0.2, 0) is 20.7 Å². The number of nitrogens with zero attached hydrogens (tertiary/aromatic N) is 1. The molecule has 3 aromatic rings. The number of aliphatic imine (C=N–C) groups is 1. The molecule has 6 nitrogen and oxygen atoms in total. The largest absolute Gasteiger partial charge is 0.504 e. The maximum absolute atomic E-state index is 13.7. The molecule has 0 bridgehead atoms. The summed E-state index contributed by atoms with van der Waals surface area (Å²) in [6.07, 6.45) is 1.56. The number of aromatic hydroxyl groups is 1. The van der Waals surface area contributed by atoms with E-state index >= 15 is 0 Å². The van der Waals surface area contributed by atoms with Crippen LogP contribution in [0.3, 0.4) is 0 Å². The second kappa shape index (κ2) is 11.1. The molecule has 1 unspecified atom stereocenters. The van der Waals surface area contributed by atoms with Gasteiger partial charge in [-0.2, -0.15) is 0 Å². The Hall–Kier alpha value is -4.19. The van der Waals surface area contributed by atoms with Crippen LogP contribution in [0.25, 0.3) is 0 Å². The van der Waals surface area contributed by atoms with Crippen LogP contribution in [0.15, 0.2) is 95.1 Å². The van der Waals surface area contributed by atoms with Gasteiger partial charge in [0.15, 0.2) is 17.3 Å². The number of carbonyl (C=O) groups is 2. The van der Waals surface area contributed by atoms with Crippen molar-refractivity contribution in [3.05, 3.63) is 107 Å². The molecule has 6 heteroatoms. The van der Waals surface area contributed by atoms with Gasteiger partial charge in [0, 0.05) is 35.7 Å². The Morgan fingerprint density at radius 3 is 2.39 bits per heavy atom. The van der Waals surface area contributed by atoms with Gasteiger partial charge in [-0.25, -0.2) is 0 Å². The molecule has 1 heterocycles. The molecule has 194 valence electrons. The van der Waals surface area contributed by atoms with Gasteiger partial charge in [-0.1, -0.05) is 66.7 Å². The highest BCUT2D eigenvalue weighted by Gasteiger charge is 2.45. The van der Waals surface area contributed by atoms with Crippen molar-refractivity contribution >= 4 is 17.5 Å². The predicted molar refractivity (Wildman–Crippen MR) is 146 cm³/mol. The number of ketones is 1. The van der Waals surface area contributed by atoms with E-state index in [0.29, 0.717) is 36.1 Å². The van der Waals surface area contributed by atoms with Crippen LogP contribution in [0, 0.1) is 5.92 Å². The van der Waals surface area contributed by atoms with E-state index in [1.165, 1.54) is 13.2 Å². The van der Waals surface area contributed by atoms with E-state index in [4.69, 9.17) is 14.5 Å². The Labute approximate surface area is 222 Å². The van der Waals surface area contributed by atoms with Crippen molar-refractivity contribution in [3.63, 3.8) is 0 Å². The van der Waals surface area contributed by atoms with Crippen LogP contribution in [0.5, 0.6) is 11.5 Å². The molecule has 0 amide bonds. The summed E-state index contributed by atoms with van der Waals surface area (Å²) in [4.78, 5) is 32.1. The molecule has 2 aliphatic rings. The first kappa shape index (κ1) is 25.5. The number of ether oxygens (including phenoxy) is 2. The summed E-state index contributed by atoms with van der Waals surface area (Å²) in [5.74, 6) is -1.46. The van der Waals surface area contributed by atoms with Crippen LogP contribution in [0.1, 0.15) is 48.3 Å². The van der Waals surface area contributed by atoms with Crippen molar-refractivity contribution in [1.29, 1.82) is 0 Å². The van der Waals surface area contributed by atoms with Gasteiger partial charge in [-0.15, -0.1) is 0 Å². The zero-order valence-electron chi connectivity index (χ0n) is 21.6. The van der Waals surface area contributed by atoms with Crippen LogP contribution in [0.4, 0.5) is 0 Å². The first-order valence-corrected chi connectivity index (χ1v) is 12.9. The summed E-state index contributed by atoms with van der Waals surface area (Å²) >= 11 is 0. The van der Waals surface area contributed by atoms with Gasteiger partial charge in [0.05, 0.1) is 13.7 Å². The number of phenolic OH excluding ortho intramolecular Hbond substituents is 1. The SMILES string of the molecule is COc1cc([C@H]2C3=C(C[C@H](c4ccccc4)CC3=O)N=C(C)C2C(=O)OCCc2ccccc2)ccc1O. The van der Waals surface area contributed by atoms with Gasteiger partial charge < -0.3 is 14.6 Å². The Morgan fingerprint density at radius 2 is 1.68 bits per heavy atom. The molecule has 0 radical (unpaired) electrons. The van der Waals surface area contributed by atoms with E-state index in [9.17, 15) is 14.7 Å². The number of esters is 1. The number of carbonyl (C=O) groups excluding carboxylic acids is 2. The zero-order valence-corrected chi connectivity index (χ0v) is 21.6. The Kier molecular flexibility index (Phi) is 7.40. The van der Waals surface area contributed by atoms with Gasteiger partial charge in [-0.3, -0.25) is 14.6 Å². The molecule has 0 saturated carbocycles. The van der Waals surface area contributed by atoms with Gasteiger partial charge in [0.25, 0.3) is 0 Å². The summed E-state index contributed by atoms with van der Waals surface area (Å²) in [5, 5.41) is 10.2. The highest BCUT2D eigenvalue weighted by molar-refractivity contribution is 6.09. The van der Waals surface area contributed by atoms with E-state index in [0.717, 1.165) is 16.8 Å². The van der Waals surface area contributed by atoms with Crippen LogP contribution in [0.2, 0.25) is 0 Å². The lowest BCUT2D eigenvalue weighted by atomic mass is 9.69. The fourth-order valence-corrected chi connectivity index (χ4v) is 5.58. The smallest absolute Gasteiger partial charge is 0.315 e. The number of hydrogen-bond donors (Lipinski definition) is 1. The molecule has 1 aliphatic heterocycles. The van der Waals surface area contributed by atoms with Crippen molar-refractivity contribution in [2.24, 2.45) is 10.9 Å². The van der Waals surface area contributed by atoms with Gasteiger partial charge in [0.1, 0.15) is 5.92 Å². The summed E-state index contributed by atoms with van der Waals surface area (Å²) in [5.41, 5.74) is 4.78. The van der Waals surface area contributed by atoms with E-state index in [2.05, 4.69) is 0 Å². The Bertz CT molecular complexity index is 1390. The standard InChI is InChI=1S/C32H31NO5/c1-20-29(32(36)38-16-15-21-9-5-3-6-10-21)30(23-13-14-26(34)28(19-23)37-2)31-25(33-20)17-24(18-27(31)35)22-11-7-4-8-12-22/h3-14,19,24,29-30,34H,15-18H2,1-2H3/t24-,29?,30+/m0/s1. The number of hydrogen-bond acceptors (Lipinski definition) is 6. The summed E-state index contributed by atoms with van der Waals surface area (Å²) < 4.78 is 11.1. The number of phenols is 1. The Balaban J connectivity index is 1.49.